The summed E-state index contributed by atoms with van der Waals surface area (Å²) in [6, 6.07) is 23.2. The molecule has 2 atom stereocenters. The fourth-order valence-electron chi connectivity index (χ4n) is 6.64. The summed E-state index contributed by atoms with van der Waals surface area (Å²) in [4.78, 5) is 0. The average molecular weight is 672 g/mol. The van der Waals surface area contributed by atoms with Crippen LogP contribution in [0.25, 0.3) is 0 Å². The van der Waals surface area contributed by atoms with E-state index in [1.165, 1.54) is 14.7 Å². The molecule has 0 unspecified atom stereocenters. The lowest BCUT2D eigenvalue weighted by Gasteiger charge is -2.44. The van der Waals surface area contributed by atoms with Crippen molar-refractivity contribution in [3.63, 3.8) is 0 Å². The van der Waals surface area contributed by atoms with Crippen LogP contribution in [0, 0.1) is 3.57 Å². The monoisotopic (exact) mass is 671 g/mol. The maximum atomic E-state index is 7.04. The standard InChI is InChI=1S/C34H46INO3Si/c1-23(2)40(24(3)4,25(5)6)39-22-29-18-30-33(26(7)36-29)31(37-20-27-14-10-8-11-15-27)19-32(34(30)35)38-21-28-16-12-9-13-17-28/h8-17,19,23-26,29,36H,18,20-22H2,1-7H3/t26-,29+/m1/s1. The van der Waals surface area contributed by atoms with E-state index in [2.05, 4.69) is 131 Å². The van der Waals surface area contributed by atoms with Crippen LogP contribution in [0.15, 0.2) is 66.7 Å². The summed E-state index contributed by atoms with van der Waals surface area (Å²) < 4.78 is 21.1. The first-order valence-corrected chi connectivity index (χ1v) is 17.9. The second-order valence-corrected chi connectivity index (χ2v) is 18.6. The van der Waals surface area contributed by atoms with Crippen LogP contribution in [0.2, 0.25) is 16.6 Å². The number of rotatable bonds is 12. The van der Waals surface area contributed by atoms with Gasteiger partial charge < -0.3 is 19.2 Å². The maximum Gasteiger partial charge on any atom is 0.200 e. The number of fused-ring (bicyclic) bond motifs is 1. The van der Waals surface area contributed by atoms with Crippen molar-refractivity contribution in [1.29, 1.82) is 0 Å². The highest BCUT2D eigenvalue weighted by molar-refractivity contribution is 14.1. The third kappa shape index (κ3) is 6.94. The first-order valence-electron chi connectivity index (χ1n) is 14.7. The minimum Gasteiger partial charge on any atom is -0.488 e. The Morgan fingerprint density at radius 1 is 0.800 bits per heavy atom. The van der Waals surface area contributed by atoms with Gasteiger partial charge in [-0.2, -0.15) is 0 Å². The summed E-state index contributed by atoms with van der Waals surface area (Å²) in [5.41, 5.74) is 6.57. The van der Waals surface area contributed by atoms with Crippen LogP contribution in [-0.2, 0) is 24.1 Å². The van der Waals surface area contributed by atoms with Gasteiger partial charge in [0.1, 0.15) is 24.7 Å². The third-order valence-corrected chi connectivity index (χ3v) is 15.7. The molecule has 0 amide bonds. The minimum absolute atomic E-state index is 0.146. The summed E-state index contributed by atoms with van der Waals surface area (Å²) in [7, 11) is -1.95. The molecule has 0 fully saturated rings. The lowest BCUT2D eigenvalue weighted by molar-refractivity contribution is 0.216. The number of nitrogens with one attached hydrogen (secondary N) is 1. The molecule has 40 heavy (non-hydrogen) atoms. The van der Waals surface area contributed by atoms with E-state index in [9.17, 15) is 0 Å². The summed E-state index contributed by atoms with van der Waals surface area (Å²) in [6.45, 7) is 18.2. The molecule has 4 rings (SSSR count). The van der Waals surface area contributed by atoms with E-state index in [1.54, 1.807) is 0 Å². The number of benzene rings is 3. The Morgan fingerprint density at radius 3 is 1.80 bits per heavy atom. The number of ether oxygens (including phenoxy) is 2. The predicted octanol–water partition coefficient (Wildman–Crippen LogP) is 9.22. The largest absolute Gasteiger partial charge is 0.488 e. The van der Waals surface area contributed by atoms with Gasteiger partial charge in [0.2, 0.25) is 0 Å². The fraction of sp³-hybridized carbons (Fsp3) is 0.471. The fourth-order valence-corrected chi connectivity index (χ4v) is 13.0. The summed E-state index contributed by atoms with van der Waals surface area (Å²) in [6.07, 6.45) is 0.890. The van der Waals surface area contributed by atoms with E-state index < -0.39 is 8.32 Å². The molecule has 1 aliphatic heterocycles. The molecule has 0 saturated carbocycles. The van der Waals surface area contributed by atoms with E-state index in [4.69, 9.17) is 13.9 Å². The lowest BCUT2D eigenvalue weighted by Crippen LogP contribution is -2.51. The SMILES string of the molecule is CC(C)[Si](OC[C@@H]1Cc2c(I)c(OCc3ccccc3)cc(OCc3ccccc3)c2[C@@H](C)N1)(C(C)C)C(C)C. The quantitative estimate of drug-likeness (QED) is 0.154. The van der Waals surface area contributed by atoms with E-state index in [0.717, 1.165) is 35.7 Å². The van der Waals surface area contributed by atoms with Gasteiger partial charge in [-0.3, -0.25) is 0 Å². The lowest BCUT2D eigenvalue weighted by atomic mass is 9.90. The molecule has 1 heterocycles. The molecule has 3 aromatic carbocycles. The third-order valence-electron chi connectivity index (χ3n) is 8.42. The summed E-state index contributed by atoms with van der Waals surface area (Å²) >= 11 is 2.48. The number of hydrogen-bond acceptors (Lipinski definition) is 4. The van der Waals surface area contributed by atoms with Crippen molar-refractivity contribution < 1.29 is 13.9 Å². The van der Waals surface area contributed by atoms with Gasteiger partial charge in [0.15, 0.2) is 8.32 Å². The van der Waals surface area contributed by atoms with Crippen molar-refractivity contribution in [1.82, 2.24) is 5.32 Å². The van der Waals surface area contributed by atoms with E-state index in [-0.39, 0.29) is 12.1 Å². The second kappa shape index (κ2) is 13.9. The van der Waals surface area contributed by atoms with Gasteiger partial charge in [0.25, 0.3) is 0 Å². The van der Waals surface area contributed by atoms with Crippen LogP contribution in [0.3, 0.4) is 0 Å². The molecule has 0 spiro atoms. The Labute approximate surface area is 256 Å². The molecule has 6 heteroatoms. The van der Waals surface area contributed by atoms with Gasteiger partial charge in [0.05, 0.1) is 3.57 Å². The highest BCUT2D eigenvalue weighted by Gasteiger charge is 2.45. The van der Waals surface area contributed by atoms with Crippen LogP contribution in [0.4, 0.5) is 0 Å². The van der Waals surface area contributed by atoms with Gasteiger partial charge in [-0.15, -0.1) is 0 Å². The van der Waals surface area contributed by atoms with E-state index in [0.29, 0.717) is 29.8 Å². The molecule has 0 saturated heterocycles. The van der Waals surface area contributed by atoms with Gasteiger partial charge in [-0.1, -0.05) is 102 Å². The van der Waals surface area contributed by atoms with Crippen LogP contribution in [0.5, 0.6) is 11.5 Å². The maximum absolute atomic E-state index is 7.04. The van der Waals surface area contributed by atoms with Gasteiger partial charge in [-0.05, 0) is 69.2 Å². The van der Waals surface area contributed by atoms with Crippen molar-refractivity contribution in [2.45, 2.75) is 96.8 Å². The van der Waals surface area contributed by atoms with Crippen molar-refractivity contribution in [3.05, 3.63) is 92.6 Å². The molecular weight excluding hydrogens is 625 g/mol. The first-order chi connectivity index (χ1) is 19.1. The number of hydrogen-bond donors (Lipinski definition) is 1. The molecule has 216 valence electrons. The van der Waals surface area contributed by atoms with Gasteiger partial charge in [-0.25, -0.2) is 0 Å². The predicted molar refractivity (Wildman–Crippen MR) is 177 cm³/mol. The molecule has 0 aromatic heterocycles. The number of halogens is 1. The van der Waals surface area contributed by atoms with E-state index in [1.807, 2.05) is 12.1 Å². The Balaban J connectivity index is 1.63. The zero-order valence-corrected chi connectivity index (χ0v) is 28.3. The molecule has 3 aromatic rings. The molecule has 0 radical (unpaired) electrons. The van der Waals surface area contributed by atoms with Gasteiger partial charge >= 0.3 is 0 Å². The molecular formula is C34H46INO3Si. The van der Waals surface area contributed by atoms with Crippen molar-refractivity contribution >= 4 is 30.9 Å². The van der Waals surface area contributed by atoms with Crippen LogP contribution < -0.4 is 14.8 Å². The summed E-state index contributed by atoms with van der Waals surface area (Å²) in [5, 5.41) is 3.88. The molecule has 0 aliphatic carbocycles. The van der Waals surface area contributed by atoms with Crippen molar-refractivity contribution in [2.24, 2.45) is 0 Å². The van der Waals surface area contributed by atoms with Crippen LogP contribution in [-0.4, -0.2) is 21.0 Å². The molecule has 4 nitrogen and oxygen atoms in total. The second-order valence-electron chi connectivity index (χ2n) is 12.0. The molecule has 1 N–H and O–H groups in total. The Morgan fingerprint density at radius 2 is 1.30 bits per heavy atom. The van der Waals surface area contributed by atoms with Crippen molar-refractivity contribution in [3.8, 4) is 11.5 Å². The molecule has 0 bridgehead atoms. The van der Waals surface area contributed by atoms with Crippen molar-refractivity contribution in [2.75, 3.05) is 6.61 Å². The zero-order valence-electron chi connectivity index (χ0n) is 25.2. The Kier molecular flexibility index (Phi) is 10.8. The smallest absolute Gasteiger partial charge is 0.200 e. The van der Waals surface area contributed by atoms with E-state index >= 15 is 0 Å². The minimum atomic E-state index is -1.95. The Bertz CT molecular complexity index is 1210. The average Bonchev–Trinajstić information content (AvgIpc) is 2.93. The topological polar surface area (TPSA) is 39.7 Å². The highest BCUT2D eigenvalue weighted by atomic mass is 127. The summed E-state index contributed by atoms with van der Waals surface area (Å²) in [5.74, 6) is 1.78. The zero-order chi connectivity index (χ0) is 28.9. The first kappa shape index (κ1) is 31.1. The van der Waals surface area contributed by atoms with Gasteiger partial charge in [0, 0.05) is 30.3 Å². The highest BCUT2D eigenvalue weighted by Crippen LogP contribution is 2.44. The normalized spacial score (nSPS) is 17.4. The van der Waals surface area contributed by atoms with Crippen LogP contribution >= 0.6 is 22.6 Å². The Hall–Kier alpha value is -1.87. The van der Waals surface area contributed by atoms with Crippen LogP contribution in [0.1, 0.15) is 76.8 Å². The molecule has 1 aliphatic rings.